The van der Waals surface area contributed by atoms with Gasteiger partial charge in [0.1, 0.15) is 18.2 Å². The topological polar surface area (TPSA) is 132 Å². The molecule has 11 heteroatoms. The lowest BCUT2D eigenvalue weighted by Gasteiger charge is -2.14. The molecule has 2 aromatic carbocycles. The van der Waals surface area contributed by atoms with Crippen molar-refractivity contribution < 1.29 is 19.1 Å². The van der Waals surface area contributed by atoms with Crippen LogP contribution in [-0.2, 0) is 18.0 Å². The number of nitro groups is 1. The first kappa shape index (κ1) is 26.6. The van der Waals surface area contributed by atoms with Gasteiger partial charge in [0, 0.05) is 40.5 Å². The number of hydrogen-bond acceptors (Lipinski definition) is 9. The molecule has 0 saturated carbocycles. The van der Waals surface area contributed by atoms with E-state index in [1.54, 1.807) is 43.7 Å². The van der Waals surface area contributed by atoms with Gasteiger partial charge < -0.3 is 14.2 Å². The fourth-order valence-corrected chi connectivity index (χ4v) is 3.71. The number of non-ortho nitro benzene ring substituents is 1. The molecule has 0 saturated heterocycles. The van der Waals surface area contributed by atoms with E-state index in [9.17, 15) is 15.4 Å². The lowest BCUT2D eigenvalue weighted by molar-refractivity contribution is -0.384. The average Bonchev–Trinajstić information content (AvgIpc) is 2.85. The maximum Gasteiger partial charge on any atom is 0.269 e. The van der Waals surface area contributed by atoms with Gasteiger partial charge in [-0.2, -0.15) is 10.4 Å². The Morgan fingerprint density at radius 3 is 2.56 bits per heavy atom. The minimum atomic E-state index is -0.446. The van der Waals surface area contributed by atoms with Crippen molar-refractivity contribution in [3.63, 3.8) is 0 Å². The van der Waals surface area contributed by atoms with E-state index in [0.29, 0.717) is 39.5 Å². The SMILES string of the molecule is CCOc1cc(/C=N/Nc2nc(C)cc(COC)c2C#N)c(Br)cc1OCc1ccc([N+](=O)[O-])cc1. The predicted molar refractivity (Wildman–Crippen MR) is 138 cm³/mol. The minimum absolute atomic E-state index is 0.0198. The van der Waals surface area contributed by atoms with Crippen LogP contribution in [-0.4, -0.2) is 29.8 Å². The fraction of sp³-hybridized carbons (Fsp3) is 0.240. The molecule has 0 aliphatic heterocycles. The molecule has 0 spiro atoms. The van der Waals surface area contributed by atoms with Crippen LogP contribution in [0.2, 0.25) is 0 Å². The van der Waals surface area contributed by atoms with E-state index < -0.39 is 4.92 Å². The highest BCUT2D eigenvalue weighted by molar-refractivity contribution is 9.10. The van der Waals surface area contributed by atoms with Crippen molar-refractivity contribution in [3.8, 4) is 17.6 Å². The van der Waals surface area contributed by atoms with Gasteiger partial charge in [0.05, 0.1) is 24.4 Å². The molecule has 0 aliphatic carbocycles. The van der Waals surface area contributed by atoms with E-state index >= 15 is 0 Å². The zero-order valence-corrected chi connectivity index (χ0v) is 21.5. The molecule has 0 aliphatic rings. The normalized spacial score (nSPS) is 10.8. The van der Waals surface area contributed by atoms with Crippen LogP contribution in [0.25, 0.3) is 0 Å². The Labute approximate surface area is 216 Å². The number of anilines is 1. The molecule has 0 bridgehead atoms. The summed E-state index contributed by atoms with van der Waals surface area (Å²) in [6, 6.07) is 13.6. The Bertz CT molecular complexity index is 1310. The van der Waals surface area contributed by atoms with Crippen LogP contribution in [0.1, 0.15) is 34.9 Å². The van der Waals surface area contributed by atoms with Gasteiger partial charge in [-0.25, -0.2) is 4.98 Å². The Kier molecular flexibility index (Phi) is 9.32. The highest BCUT2D eigenvalue weighted by Crippen LogP contribution is 2.34. The van der Waals surface area contributed by atoms with Crippen LogP contribution in [0.5, 0.6) is 11.5 Å². The molecule has 0 atom stereocenters. The maximum absolute atomic E-state index is 10.8. The zero-order chi connectivity index (χ0) is 26.1. The maximum atomic E-state index is 10.8. The second-order valence-corrected chi connectivity index (χ2v) is 8.38. The number of rotatable bonds is 11. The summed E-state index contributed by atoms with van der Waals surface area (Å²) in [5, 5.41) is 24.7. The molecule has 0 fully saturated rings. The predicted octanol–water partition coefficient (Wildman–Crippen LogP) is 5.50. The van der Waals surface area contributed by atoms with Crippen LogP contribution >= 0.6 is 15.9 Å². The number of aryl methyl sites for hydroxylation is 1. The first-order valence-electron chi connectivity index (χ1n) is 10.9. The molecule has 1 aromatic heterocycles. The summed E-state index contributed by atoms with van der Waals surface area (Å²) in [5.74, 6) is 1.35. The molecule has 0 amide bonds. The van der Waals surface area contributed by atoms with Crippen molar-refractivity contribution >= 4 is 33.6 Å². The van der Waals surface area contributed by atoms with Gasteiger partial charge in [-0.15, -0.1) is 0 Å². The number of hydrogen-bond donors (Lipinski definition) is 1. The number of nitro benzene ring substituents is 1. The van der Waals surface area contributed by atoms with E-state index in [2.05, 4.69) is 37.5 Å². The number of benzene rings is 2. The summed E-state index contributed by atoms with van der Waals surface area (Å²) in [4.78, 5) is 14.8. The summed E-state index contributed by atoms with van der Waals surface area (Å²) < 4.78 is 17.5. The van der Waals surface area contributed by atoms with Crippen LogP contribution < -0.4 is 14.9 Å². The highest BCUT2D eigenvalue weighted by atomic mass is 79.9. The molecule has 36 heavy (non-hydrogen) atoms. The van der Waals surface area contributed by atoms with Gasteiger partial charge in [0.25, 0.3) is 5.69 Å². The number of hydrazone groups is 1. The number of ether oxygens (including phenoxy) is 3. The van der Waals surface area contributed by atoms with Gasteiger partial charge in [0.15, 0.2) is 17.3 Å². The number of nitrogens with zero attached hydrogens (tertiary/aromatic N) is 4. The lowest BCUT2D eigenvalue weighted by atomic mass is 10.1. The van der Waals surface area contributed by atoms with Crippen molar-refractivity contribution in [2.45, 2.75) is 27.1 Å². The molecular weight excluding hydrogens is 530 g/mol. The van der Waals surface area contributed by atoms with Gasteiger partial charge in [-0.3, -0.25) is 15.5 Å². The number of aromatic nitrogens is 1. The van der Waals surface area contributed by atoms with E-state index in [1.807, 2.05) is 13.8 Å². The van der Waals surface area contributed by atoms with E-state index in [-0.39, 0.29) is 18.9 Å². The van der Waals surface area contributed by atoms with E-state index in [1.165, 1.54) is 12.1 Å². The van der Waals surface area contributed by atoms with Gasteiger partial charge in [0.2, 0.25) is 0 Å². The first-order chi connectivity index (χ1) is 17.4. The van der Waals surface area contributed by atoms with Crippen LogP contribution in [0, 0.1) is 28.4 Å². The van der Waals surface area contributed by atoms with E-state index in [0.717, 1.165) is 16.8 Å². The molecule has 1 N–H and O–H groups in total. The second kappa shape index (κ2) is 12.6. The summed E-state index contributed by atoms with van der Waals surface area (Å²) in [6.07, 6.45) is 1.58. The second-order valence-electron chi connectivity index (χ2n) is 7.53. The molecule has 186 valence electrons. The van der Waals surface area contributed by atoms with Gasteiger partial charge >= 0.3 is 0 Å². The summed E-state index contributed by atoms with van der Waals surface area (Å²) >= 11 is 3.53. The van der Waals surface area contributed by atoms with Crippen molar-refractivity contribution in [2.24, 2.45) is 5.10 Å². The Morgan fingerprint density at radius 2 is 1.92 bits per heavy atom. The smallest absolute Gasteiger partial charge is 0.269 e. The third-order valence-corrected chi connectivity index (χ3v) is 5.61. The average molecular weight is 554 g/mol. The number of methoxy groups -OCH3 is 1. The number of nitriles is 1. The largest absolute Gasteiger partial charge is 0.490 e. The summed E-state index contributed by atoms with van der Waals surface area (Å²) in [5.41, 5.74) is 6.16. The van der Waals surface area contributed by atoms with Crippen molar-refractivity contribution in [1.82, 2.24) is 4.98 Å². The first-order valence-corrected chi connectivity index (χ1v) is 11.7. The number of halogens is 1. The van der Waals surface area contributed by atoms with Crippen LogP contribution in [0.4, 0.5) is 11.5 Å². The third kappa shape index (κ3) is 6.78. The Hall–Kier alpha value is -4.01. The molecule has 0 radical (unpaired) electrons. The van der Waals surface area contributed by atoms with E-state index in [4.69, 9.17) is 14.2 Å². The summed E-state index contributed by atoms with van der Waals surface area (Å²) in [6.45, 7) is 4.61. The molecule has 0 unspecified atom stereocenters. The highest BCUT2D eigenvalue weighted by Gasteiger charge is 2.13. The third-order valence-electron chi connectivity index (χ3n) is 4.92. The standard InChI is InChI=1S/C25H24BrN5O5/c1-4-35-23-10-18(13-28-30-25-21(12-27)19(15-34-3)9-16(2)29-25)22(26)11-24(23)36-14-17-5-7-20(8-6-17)31(32)33/h5-11,13H,4,14-15H2,1-3H3,(H,29,30)/b28-13+. The Balaban J connectivity index is 1.79. The molecule has 3 rings (SSSR count). The zero-order valence-electron chi connectivity index (χ0n) is 19.9. The van der Waals surface area contributed by atoms with Crippen molar-refractivity contribution in [3.05, 3.63) is 85.0 Å². The van der Waals surface area contributed by atoms with Crippen molar-refractivity contribution in [2.75, 3.05) is 19.1 Å². The van der Waals surface area contributed by atoms with Crippen molar-refractivity contribution in [1.29, 1.82) is 5.26 Å². The fourth-order valence-electron chi connectivity index (χ4n) is 3.28. The lowest BCUT2D eigenvalue weighted by Crippen LogP contribution is -2.04. The summed E-state index contributed by atoms with van der Waals surface area (Å²) in [7, 11) is 1.56. The monoisotopic (exact) mass is 553 g/mol. The minimum Gasteiger partial charge on any atom is -0.490 e. The number of pyridine rings is 1. The van der Waals surface area contributed by atoms with Gasteiger partial charge in [-0.1, -0.05) is 0 Å². The van der Waals surface area contributed by atoms with Crippen LogP contribution in [0.15, 0.2) is 52.0 Å². The molecule has 1 heterocycles. The molecule has 3 aromatic rings. The molecular formula is C25H24BrN5O5. The molecule has 10 nitrogen and oxygen atoms in total. The Morgan fingerprint density at radius 1 is 1.19 bits per heavy atom. The number of nitrogens with one attached hydrogen (secondary N) is 1. The van der Waals surface area contributed by atoms with Crippen LogP contribution in [0.3, 0.4) is 0 Å². The van der Waals surface area contributed by atoms with Gasteiger partial charge in [-0.05, 0) is 65.7 Å². The quantitative estimate of drug-likeness (QED) is 0.187.